The van der Waals surface area contributed by atoms with Crippen LogP contribution in [0.2, 0.25) is 0 Å². The monoisotopic (exact) mass is 414 g/mol. The van der Waals surface area contributed by atoms with Crippen molar-refractivity contribution in [3.8, 4) is 5.69 Å². The van der Waals surface area contributed by atoms with Gasteiger partial charge in [-0.3, -0.25) is 14.9 Å². The van der Waals surface area contributed by atoms with Gasteiger partial charge in [-0.25, -0.2) is 14.4 Å². The van der Waals surface area contributed by atoms with E-state index in [1.807, 2.05) is 52.0 Å². The molecule has 1 fully saturated rings. The molecular formula is C24H22N4O3. The van der Waals surface area contributed by atoms with Crippen molar-refractivity contribution in [3.63, 3.8) is 0 Å². The molecule has 1 aliphatic heterocycles. The number of aromatic nitrogens is 2. The Labute approximate surface area is 180 Å². The van der Waals surface area contributed by atoms with Gasteiger partial charge in [0.1, 0.15) is 5.57 Å². The summed E-state index contributed by atoms with van der Waals surface area (Å²) in [6.45, 7) is 7.61. The summed E-state index contributed by atoms with van der Waals surface area (Å²) in [6.07, 6.45) is 1.51. The molecule has 0 spiro atoms. The molecule has 4 amide bonds. The molecule has 2 aromatic carbocycles. The van der Waals surface area contributed by atoms with E-state index in [0.29, 0.717) is 16.9 Å². The van der Waals surface area contributed by atoms with E-state index in [1.165, 1.54) is 6.08 Å². The van der Waals surface area contributed by atoms with E-state index < -0.39 is 17.8 Å². The molecular weight excluding hydrogens is 392 g/mol. The van der Waals surface area contributed by atoms with Crippen molar-refractivity contribution in [2.75, 3.05) is 4.90 Å². The van der Waals surface area contributed by atoms with Gasteiger partial charge >= 0.3 is 6.03 Å². The highest BCUT2D eigenvalue weighted by Gasteiger charge is 2.37. The van der Waals surface area contributed by atoms with Gasteiger partial charge in [0, 0.05) is 11.3 Å². The van der Waals surface area contributed by atoms with Crippen molar-refractivity contribution >= 4 is 29.6 Å². The van der Waals surface area contributed by atoms with Crippen LogP contribution in [-0.2, 0) is 9.59 Å². The van der Waals surface area contributed by atoms with Crippen molar-refractivity contribution in [1.82, 2.24) is 15.1 Å². The van der Waals surface area contributed by atoms with Crippen molar-refractivity contribution in [2.24, 2.45) is 0 Å². The molecule has 0 saturated carbocycles. The summed E-state index contributed by atoms with van der Waals surface area (Å²) in [4.78, 5) is 39.0. The number of hydrogen-bond donors (Lipinski definition) is 1. The first-order chi connectivity index (χ1) is 14.8. The first-order valence-corrected chi connectivity index (χ1v) is 9.87. The Morgan fingerprint density at radius 2 is 1.35 bits per heavy atom. The maximum absolute atomic E-state index is 13.1. The number of aryl methyl sites for hydroxylation is 3. The van der Waals surface area contributed by atoms with E-state index in [1.54, 1.807) is 28.9 Å². The van der Waals surface area contributed by atoms with E-state index >= 15 is 0 Å². The first-order valence-electron chi connectivity index (χ1n) is 9.87. The van der Waals surface area contributed by atoms with E-state index in [0.717, 1.165) is 27.4 Å². The molecule has 1 N–H and O–H groups in total. The van der Waals surface area contributed by atoms with Crippen LogP contribution in [0.25, 0.3) is 11.8 Å². The van der Waals surface area contributed by atoms with Crippen LogP contribution in [0.3, 0.4) is 0 Å². The van der Waals surface area contributed by atoms with Crippen molar-refractivity contribution in [3.05, 3.63) is 82.2 Å². The smallest absolute Gasteiger partial charge is 0.273 e. The van der Waals surface area contributed by atoms with E-state index in [9.17, 15) is 14.4 Å². The predicted octanol–water partition coefficient (Wildman–Crippen LogP) is 3.77. The normalized spacial score (nSPS) is 15.5. The standard InChI is InChI=1S/C24H22N4O3/c1-14-5-9-18(10-6-14)27-23(30)21(22(29)25-24(27)31)13-20-16(3)26-28(17(20)4)19-11-7-15(2)8-12-19/h5-13H,1-4H3,(H,25,29,31)/b21-13+. The van der Waals surface area contributed by atoms with Crippen LogP contribution < -0.4 is 10.2 Å². The molecule has 31 heavy (non-hydrogen) atoms. The summed E-state index contributed by atoms with van der Waals surface area (Å²) in [5, 5.41) is 6.83. The van der Waals surface area contributed by atoms with Crippen molar-refractivity contribution in [2.45, 2.75) is 27.7 Å². The number of rotatable bonds is 3. The second-order valence-electron chi connectivity index (χ2n) is 7.63. The summed E-state index contributed by atoms with van der Waals surface area (Å²) >= 11 is 0. The molecule has 3 aromatic rings. The average molecular weight is 414 g/mol. The zero-order valence-corrected chi connectivity index (χ0v) is 17.8. The van der Waals surface area contributed by atoms with Crippen molar-refractivity contribution < 1.29 is 14.4 Å². The fourth-order valence-corrected chi connectivity index (χ4v) is 3.53. The van der Waals surface area contributed by atoms with Gasteiger partial charge in [-0.15, -0.1) is 0 Å². The van der Waals surface area contributed by atoms with Crippen LogP contribution in [0.5, 0.6) is 0 Å². The molecule has 0 atom stereocenters. The molecule has 0 radical (unpaired) electrons. The molecule has 1 aliphatic rings. The summed E-state index contributed by atoms with van der Waals surface area (Å²) in [6, 6.07) is 14.1. The zero-order chi connectivity index (χ0) is 22.3. The van der Waals surface area contributed by atoms with Crippen LogP contribution in [0, 0.1) is 27.7 Å². The Morgan fingerprint density at radius 1 is 0.806 bits per heavy atom. The summed E-state index contributed by atoms with van der Waals surface area (Å²) in [5.74, 6) is -1.39. The summed E-state index contributed by atoms with van der Waals surface area (Å²) in [5.41, 5.74) is 5.42. The fourth-order valence-electron chi connectivity index (χ4n) is 3.53. The molecule has 2 heterocycles. The minimum absolute atomic E-state index is 0.116. The number of hydrogen-bond acceptors (Lipinski definition) is 4. The number of carbonyl (C=O) groups is 3. The lowest BCUT2D eigenvalue weighted by Gasteiger charge is -2.26. The third-order valence-electron chi connectivity index (χ3n) is 5.31. The number of amides is 4. The maximum atomic E-state index is 13.1. The van der Waals surface area contributed by atoms with Crippen LogP contribution in [0.15, 0.2) is 54.1 Å². The lowest BCUT2D eigenvalue weighted by molar-refractivity contribution is -0.122. The number of barbiturate groups is 1. The topological polar surface area (TPSA) is 84.3 Å². The van der Waals surface area contributed by atoms with Crippen molar-refractivity contribution in [1.29, 1.82) is 0 Å². The quantitative estimate of drug-likeness (QED) is 0.522. The van der Waals surface area contributed by atoms with Gasteiger partial charge < -0.3 is 0 Å². The number of nitrogens with zero attached hydrogens (tertiary/aromatic N) is 3. The zero-order valence-electron chi connectivity index (χ0n) is 17.8. The second kappa shape index (κ2) is 7.68. The minimum atomic E-state index is -0.764. The molecule has 0 unspecified atom stereocenters. The molecule has 0 bridgehead atoms. The van der Waals surface area contributed by atoms with Gasteiger partial charge in [0.15, 0.2) is 0 Å². The Bertz CT molecular complexity index is 1240. The molecule has 156 valence electrons. The van der Waals surface area contributed by atoms with E-state index in [2.05, 4.69) is 10.4 Å². The molecule has 4 rings (SSSR count). The van der Waals surface area contributed by atoms with Crippen LogP contribution in [0.4, 0.5) is 10.5 Å². The lowest BCUT2D eigenvalue weighted by Crippen LogP contribution is -2.54. The Hall–Kier alpha value is -4.00. The molecule has 7 nitrogen and oxygen atoms in total. The highest BCUT2D eigenvalue weighted by molar-refractivity contribution is 6.39. The number of nitrogens with one attached hydrogen (secondary N) is 1. The van der Waals surface area contributed by atoms with Gasteiger partial charge in [-0.1, -0.05) is 35.4 Å². The third kappa shape index (κ3) is 3.66. The van der Waals surface area contributed by atoms with Crippen LogP contribution in [-0.4, -0.2) is 27.6 Å². The fraction of sp³-hybridized carbons (Fsp3) is 0.167. The van der Waals surface area contributed by atoms with Crippen LogP contribution >= 0.6 is 0 Å². The Kier molecular flexibility index (Phi) is 5.02. The SMILES string of the molecule is Cc1ccc(N2C(=O)NC(=O)/C(=C\c3c(C)nn(-c4ccc(C)cc4)c3C)C2=O)cc1. The van der Waals surface area contributed by atoms with E-state index in [4.69, 9.17) is 0 Å². The number of imide groups is 2. The van der Waals surface area contributed by atoms with Crippen LogP contribution in [0.1, 0.15) is 28.1 Å². The number of benzene rings is 2. The third-order valence-corrected chi connectivity index (χ3v) is 5.31. The maximum Gasteiger partial charge on any atom is 0.335 e. The summed E-state index contributed by atoms with van der Waals surface area (Å²) < 4.78 is 1.77. The van der Waals surface area contributed by atoms with Gasteiger partial charge in [0.05, 0.1) is 17.1 Å². The van der Waals surface area contributed by atoms with Gasteiger partial charge in [0.25, 0.3) is 11.8 Å². The van der Waals surface area contributed by atoms with Gasteiger partial charge in [0.2, 0.25) is 0 Å². The predicted molar refractivity (Wildman–Crippen MR) is 118 cm³/mol. The number of anilines is 1. The largest absolute Gasteiger partial charge is 0.335 e. The highest BCUT2D eigenvalue weighted by atomic mass is 16.2. The second-order valence-corrected chi connectivity index (χ2v) is 7.63. The lowest BCUT2D eigenvalue weighted by atomic mass is 10.1. The van der Waals surface area contributed by atoms with Gasteiger partial charge in [-0.05, 0) is 58.0 Å². The average Bonchev–Trinajstić information content (AvgIpc) is 3.01. The summed E-state index contributed by atoms with van der Waals surface area (Å²) in [7, 11) is 0. The van der Waals surface area contributed by atoms with Gasteiger partial charge in [-0.2, -0.15) is 5.10 Å². The molecule has 1 saturated heterocycles. The Morgan fingerprint density at radius 3 is 1.94 bits per heavy atom. The molecule has 7 heteroatoms. The highest BCUT2D eigenvalue weighted by Crippen LogP contribution is 2.25. The molecule has 1 aromatic heterocycles. The number of urea groups is 1. The first kappa shape index (κ1) is 20.3. The molecule has 0 aliphatic carbocycles. The van der Waals surface area contributed by atoms with E-state index in [-0.39, 0.29) is 5.57 Å². The number of carbonyl (C=O) groups excluding carboxylic acids is 3. The minimum Gasteiger partial charge on any atom is -0.273 e. The Balaban J connectivity index is 1.76.